The number of methoxy groups -OCH3 is 4. The number of ketones is 1. The SMILES string of the molecule is COc1ccc(-c2sccc2C(=O)c2cc(OC)c(OC)c(OC)c2)cc1O. The predicted octanol–water partition coefficient (Wildman–Crippen LogP) is 4.39. The Hall–Kier alpha value is -3.19. The summed E-state index contributed by atoms with van der Waals surface area (Å²) in [5, 5.41) is 11.9. The van der Waals surface area contributed by atoms with Crippen molar-refractivity contribution in [2.24, 2.45) is 0 Å². The molecular weight excluding hydrogens is 380 g/mol. The van der Waals surface area contributed by atoms with E-state index in [2.05, 4.69) is 0 Å². The standard InChI is InChI=1S/C21H20O6S/c1-24-16-6-5-12(9-15(16)22)21-14(7-8-28-21)19(23)13-10-17(25-2)20(27-4)18(11-13)26-3/h5-11,22H,1-4H3. The molecule has 0 saturated carbocycles. The summed E-state index contributed by atoms with van der Waals surface area (Å²) in [5.41, 5.74) is 1.65. The van der Waals surface area contributed by atoms with Gasteiger partial charge in [-0.25, -0.2) is 0 Å². The molecule has 2 aromatic carbocycles. The summed E-state index contributed by atoms with van der Waals surface area (Å²) in [6.45, 7) is 0. The van der Waals surface area contributed by atoms with Gasteiger partial charge in [-0.05, 0) is 47.3 Å². The maximum atomic E-state index is 13.2. The summed E-state index contributed by atoms with van der Waals surface area (Å²) in [7, 11) is 6.00. The summed E-state index contributed by atoms with van der Waals surface area (Å²) >= 11 is 1.42. The van der Waals surface area contributed by atoms with Crippen LogP contribution in [0.1, 0.15) is 15.9 Å². The van der Waals surface area contributed by atoms with Crippen molar-refractivity contribution in [1.29, 1.82) is 0 Å². The highest BCUT2D eigenvalue weighted by Crippen LogP contribution is 2.40. The zero-order valence-corrected chi connectivity index (χ0v) is 16.8. The number of rotatable bonds is 7. The van der Waals surface area contributed by atoms with Gasteiger partial charge < -0.3 is 24.1 Å². The van der Waals surface area contributed by atoms with E-state index < -0.39 is 0 Å². The van der Waals surface area contributed by atoms with Gasteiger partial charge in [0.15, 0.2) is 28.8 Å². The monoisotopic (exact) mass is 400 g/mol. The molecular formula is C21H20O6S. The molecule has 0 unspecified atom stereocenters. The van der Waals surface area contributed by atoms with E-state index in [1.165, 1.54) is 39.8 Å². The van der Waals surface area contributed by atoms with Gasteiger partial charge in [-0.1, -0.05) is 0 Å². The van der Waals surface area contributed by atoms with Crippen molar-refractivity contribution >= 4 is 17.1 Å². The van der Waals surface area contributed by atoms with Gasteiger partial charge in [0.25, 0.3) is 0 Å². The van der Waals surface area contributed by atoms with Crippen LogP contribution in [0.2, 0.25) is 0 Å². The van der Waals surface area contributed by atoms with E-state index in [1.807, 2.05) is 5.38 Å². The van der Waals surface area contributed by atoms with Crippen LogP contribution in [0.4, 0.5) is 0 Å². The van der Waals surface area contributed by atoms with Crippen LogP contribution in [0.15, 0.2) is 41.8 Å². The Balaban J connectivity index is 2.06. The lowest BCUT2D eigenvalue weighted by Crippen LogP contribution is -2.04. The summed E-state index contributed by atoms with van der Waals surface area (Å²) in [6, 6.07) is 10.0. The fraction of sp³-hybridized carbons (Fsp3) is 0.190. The van der Waals surface area contributed by atoms with Gasteiger partial charge in [0.05, 0.1) is 28.4 Å². The van der Waals surface area contributed by atoms with Crippen LogP contribution in [0.25, 0.3) is 10.4 Å². The number of phenols is 1. The minimum Gasteiger partial charge on any atom is -0.504 e. The van der Waals surface area contributed by atoms with Crippen LogP contribution in [0.3, 0.4) is 0 Å². The van der Waals surface area contributed by atoms with Crippen molar-refractivity contribution in [3.05, 3.63) is 52.9 Å². The molecule has 1 heterocycles. The van der Waals surface area contributed by atoms with Gasteiger partial charge in [0, 0.05) is 16.0 Å². The average Bonchev–Trinajstić information content (AvgIpc) is 3.21. The normalized spacial score (nSPS) is 10.4. The fourth-order valence-electron chi connectivity index (χ4n) is 2.91. The molecule has 1 N–H and O–H groups in total. The highest BCUT2D eigenvalue weighted by Gasteiger charge is 2.21. The first-order chi connectivity index (χ1) is 13.5. The van der Waals surface area contributed by atoms with E-state index >= 15 is 0 Å². The molecule has 0 amide bonds. The van der Waals surface area contributed by atoms with Gasteiger partial charge >= 0.3 is 0 Å². The molecule has 0 radical (unpaired) electrons. The molecule has 3 rings (SSSR count). The maximum absolute atomic E-state index is 13.2. The summed E-state index contributed by atoms with van der Waals surface area (Å²) < 4.78 is 21.1. The van der Waals surface area contributed by atoms with E-state index in [1.54, 1.807) is 36.4 Å². The number of thiophene rings is 1. The van der Waals surface area contributed by atoms with Crippen molar-refractivity contribution in [2.45, 2.75) is 0 Å². The summed E-state index contributed by atoms with van der Waals surface area (Å²) in [5.74, 6) is 1.43. The second-order valence-electron chi connectivity index (χ2n) is 5.79. The molecule has 0 spiro atoms. The highest BCUT2D eigenvalue weighted by atomic mass is 32.1. The Morgan fingerprint density at radius 3 is 2.04 bits per heavy atom. The first-order valence-electron chi connectivity index (χ1n) is 8.33. The first-order valence-corrected chi connectivity index (χ1v) is 9.21. The Kier molecular flexibility index (Phi) is 5.75. The van der Waals surface area contributed by atoms with Gasteiger partial charge in [-0.15, -0.1) is 11.3 Å². The van der Waals surface area contributed by atoms with Crippen LogP contribution in [0, 0.1) is 0 Å². The Labute approximate surface area is 166 Å². The largest absolute Gasteiger partial charge is 0.504 e. The van der Waals surface area contributed by atoms with Crippen LogP contribution < -0.4 is 18.9 Å². The highest BCUT2D eigenvalue weighted by molar-refractivity contribution is 7.14. The number of hydrogen-bond acceptors (Lipinski definition) is 7. The van der Waals surface area contributed by atoms with Crippen LogP contribution >= 0.6 is 11.3 Å². The topological polar surface area (TPSA) is 74.2 Å². The van der Waals surface area contributed by atoms with E-state index in [0.29, 0.717) is 34.1 Å². The third kappa shape index (κ3) is 3.48. The second kappa shape index (κ2) is 8.22. The zero-order valence-electron chi connectivity index (χ0n) is 15.9. The fourth-order valence-corrected chi connectivity index (χ4v) is 3.80. The van der Waals surface area contributed by atoms with Gasteiger partial charge in [-0.3, -0.25) is 4.79 Å². The molecule has 7 heteroatoms. The number of phenolic OH excluding ortho intramolecular Hbond substituents is 1. The molecule has 146 valence electrons. The molecule has 1 aromatic heterocycles. The lowest BCUT2D eigenvalue weighted by Gasteiger charge is -2.14. The van der Waals surface area contributed by atoms with E-state index in [4.69, 9.17) is 18.9 Å². The van der Waals surface area contributed by atoms with Crippen LogP contribution in [-0.4, -0.2) is 39.3 Å². The van der Waals surface area contributed by atoms with Crippen molar-refractivity contribution in [1.82, 2.24) is 0 Å². The lowest BCUT2D eigenvalue weighted by molar-refractivity contribution is 0.103. The van der Waals surface area contributed by atoms with Gasteiger partial charge in [0.2, 0.25) is 5.75 Å². The van der Waals surface area contributed by atoms with E-state index in [0.717, 1.165) is 10.4 Å². The van der Waals surface area contributed by atoms with E-state index in [-0.39, 0.29) is 11.5 Å². The molecule has 0 bridgehead atoms. The van der Waals surface area contributed by atoms with Crippen molar-refractivity contribution in [3.63, 3.8) is 0 Å². The van der Waals surface area contributed by atoms with Crippen molar-refractivity contribution in [3.8, 4) is 39.2 Å². The second-order valence-corrected chi connectivity index (χ2v) is 6.71. The molecule has 0 aliphatic carbocycles. The van der Waals surface area contributed by atoms with Gasteiger partial charge in [0.1, 0.15) is 0 Å². The summed E-state index contributed by atoms with van der Waals surface area (Å²) in [4.78, 5) is 14.0. The number of carbonyl (C=O) groups is 1. The Morgan fingerprint density at radius 1 is 0.857 bits per heavy atom. The molecule has 0 atom stereocenters. The molecule has 0 aliphatic heterocycles. The van der Waals surface area contributed by atoms with Crippen molar-refractivity contribution in [2.75, 3.05) is 28.4 Å². The third-order valence-electron chi connectivity index (χ3n) is 4.28. The van der Waals surface area contributed by atoms with E-state index in [9.17, 15) is 9.90 Å². The quantitative estimate of drug-likeness (QED) is 0.593. The molecule has 6 nitrogen and oxygen atoms in total. The predicted molar refractivity (Wildman–Crippen MR) is 108 cm³/mol. The molecule has 3 aromatic rings. The Morgan fingerprint density at radius 2 is 1.50 bits per heavy atom. The Bertz CT molecular complexity index is 983. The molecule has 0 fully saturated rings. The van der Waals surface area contributed by atoms with Crippen LogP contribution in [0.5, 0.6) is 28.7 Å². The average molecular weight is 400 g/mol. The number of carbonyl (C=O) groups excluding carboxylic acids is 1. The number of aromatic hydroxyl groups is 1. The van der Waals surface area contributed by atoms with Gasteiger partial charge in [-0.2, -0.15) is 0 Å². The lowest BCUT2D eigenvalue weighted by atomic mass is 10.00. The number of ether oxygens (including phenoxy) is 4. The van der Waals surface area contributed by atoms with Crippen molar-refractivity contribution < 1.29 is 28.8 Å². The molecule has 28 heavy (non-hydrogen) atoms. The third-order valence-corrected chi connectivity index (χ3v) is 5.24. The van der Waals surface area contributed by atoms with Crippen LogP contribution in [-0.2, 0) is 0 Å². The summed E-state index contributed by atoms with van der Waals surface area (Å²) in [6.07, 6.45) is 0. The first kappa shape index (κ1) is 19.6. The maximum Gasteiger partial charge on any atom is 0.203 e. The molecule has 0 saturated heterocycles. The number of benzene rings is 2. The number of hydrogen-bond donors (Lipinski definition) is 1. The smallest absolute Gasteiger partial charge is 0.203 e. The minimum absolute atomic E-state index is 0.0135. The molecule has 0 aliphatic rings. The minimum atomic E-state index is -0.189. The zero-order chi connectivity index (χ0) is 20.3.